The lowest BCUT2D eigenvalue weighted by Gasteiger charge is -2.32. The Bertz CT molecular complexity index is 700. The van der Waals surface area contributed by atoms with Crippen LogP contribution in [0.4, 0.5) is 4.39 Å². The summed E-state index contributed by atoms with van der Waals surface area (Å²) >= 11 is 1.61. The van der Waals surface area contributed by atoms with Crippen LogP contribution >= 0.6 is 11.3 Å². The van der Waals surface area contributed by atoms with Gasteiger partial charge in [0.2, 0.25) is 5.91 Å². The molecule has 1 fully saturated rings. The standard InChI is InChI=1S/C18H19FN2O2S/c19-15-7-5-13(6-8-15)18(23)21-9-1-3-14(12-21)17(22)20-11-16-4-2-10-24-16/h2,4-8,10,14H,1,3,9,11-12H2,(H,20,22). The first-order valence-electron chi connectivity index (χ1n) is 7.98. The highest BCUT2D eigenvalue weighted by atomic mass is 32.1. The number of hydrogen-bond donors (Lipinski definition) is 1. The largest absolute Gasteiger partial charge is 0.351 e. The van der Waals surface area contributed by atoms with Crippen molar-refractivity contribution < 1.29 is 14.0 Å². The van der Waals surface area contributed by atoms with E-state index in [0.717, 1.165) is 17.7 Å². The van der Waals surface area contributed by atoms with Gasteiger partial charge in [0, 0.05) is 23.5 Å². The van der Waals surface area contributed by atoms with Crippen LogP contribution in [0.15, 0.2) is 41.8 Å². The zero-order chi connectivity index (χ0) is 16.9. The van der Waals surface area contributed by atoms with E-state index in [1.54, 1.807) is 16.2 Å². The van der Waals surface area contributed by atoms with Crippen LogP contribution in [-0.4, -0.2) is 29.8 Å². The quantitative estimate of drug-likeness (QED) is 0.925. The van der Waals surface area contributed by atoms with E-state index in [2.05, 4.69) is 5.32 Å². The Balaban J connectivity index is 1.58. The number of nitrogens with one attached hydrogen (secondary N) is 1. The molecule has 1 atom stereocenters. The highest BCUT2D eigenvalue weighted by molar-refractivity contribution is 7.09. The fraction of sp³-hybridized carbons (Fsp3) is 0.333. The SMILES string of the molecule is O=C(NCc1cccs1)C1CCCN(C(=O)c2ccc(F)cc2)C1. The van der Waals surface area contributed by atoms with Crippen LogP contribution in [0.1, 0.15) is 28.1 Å². The number of hydrogen-bond acceptors (Lipinski definition) is 3. The van der Waals surface area contributed by atoms with Crippen molar-refractivity contribution in [3.05, 3.63) is 58.0 Å². The molecule has 126 valence electrons. The maximum Gasteiger partial charge on any atom is 0.253 e. The van der Waals surface area contributed by atoms with Gasteiger partial charge in [-0.05, 0) is 48.6 Å². The molecule has 0 bridgehead atoms. The van der Waals surface area contributed by atoms with E-state index < -0.39 is 0 Å². The second-order valence-corrected chi connectivity index (χ2v) is 6.93. The number of rotatable bonds is 4. The predicted octanol–water partition coefficient (Wildman–Crippen LogP) is 3.06. The van der Waals surface area contributed by atoms with Gasteiger partial charge in [-0.15, -0.1) is 11.3 Å². The van der Waals surface area contributed by atoms with Crippen LogP contribution in [0.25, 0.3) is 0 Å². The third-order valence-electron chi connectivity index (χ3n) is 4.19. The highest BCUT2D eigenvalue weighted by Crippen LogP contribution is 2.19. The van der Waals surface area contributed by atoms with E-state index in [9.17, 15) is 14.0 Å². The molecule has 24 heavy (non-hydrogen) atoms. The molecular formula is C18H19FN2O2S. The molecule has 4 nitrogen and oxygen atoms in total. The first kappa shape index (κ1) is 16.6. The molecule has 1 aromatic heterocycles. The molecule has 2 heterocycles. The molecule has 2 aromatic rings. The maximum absolute atomic E-state index is 13.0. The van der Waals surface area contributed by atoms with E-state index in [1.165, 1.54) is 24.3 Å². The van der Waals surface area contributed by atoms with Crippen molar-refractivity contribution in [2.24, 2.45) is 5.92 Å². The number of likely N-dealkylation sites (tertiary alicyclic amines) is 1. The average Bonchev–Trinajstić information content (AvgIpc) is 3.13. The normalized spacial score (nSPS) is 17.5. The number of amides is 2. The number of carbonyl (C=O) groups excluding carboxylic acids is 2. The van der Waals surface area contributed by atoms with Gasteiger partial charge in [0.1, 0.15) is 5.82 Å². The molecule has 3 rings (SSSR count). The Morgan fingerprint density at radius 2 is 2.04 bits per heavy atom. The van der Waals surface area contributed by atoms with Crippen LogP contribution in [0.2, 0.25) is 0 Å². The van der Waals surface area contributed by atoms with Crippen molar-refractivity contribution in [1.29, 1.82) is 0 Å². The first-order valence-corrected chi connectivity index (χ1v) is 8.86. The van der Waals surface area contributed by atoms with Crippen LogP contribution < -0.4 is 5.32 Å². The topological polar surface area (TPSA) is 49.4 Å². The third-order valence-corrected chi connectivity index (χ3v) is 5.06. The lowest BCUT2D eigenvalue weighted by Crippen LogP contribution is -2.45. The van der Waals surface area contributed by atoms with Gasteiger partial charge < -0.3 is 10.2 Å². The van der Waals surface area contributed by atoms with E-state index in [1.807, 2.05) is 17.5 Å². The number of halogens is 1. The number of piperidine rings is 1. The summed E-state index contributed by atoms with van der Waals surface area (Å²) in [5, 5.41) is 4.92. The first-order chi connectivity index (χ1) is 11.6. The summed E-state index contributed by atoms with van der Waals surface area (Å²) < 4.78 is 13.0. The number of nitrogens with zero attached hydrogens (tertiary/aromatic N) is 1. The molecule has 2 amide bonds. The van der Waals surface area contributed by atoms with E-state index in [4.69, 9.17) is 0 Å². The summed E-state index contributed by atoms with van der Waals surface area (Å²) in [6.45, 7) is 1.57. The van der Waals surface area contributed by atoms with Gasteiger partial charge in [-0.3, -0.25) is 9.59 Å². The highest BCUT2D eigenvalue weighted by Gasteiger charge is 2.28. The Morgan fingerprint density at radius 3 is 2.75 bits per heavy atom. The Labute approximate surface area is 144 Å². The molecule has 1 aliphatic heterocycles. The van der Waals surface area contributed by atoms with Crippen LogP contribution in [-0.2, 0) is 11.3 Å². The molecule has 0 radical (unpaired) electrons. The number of carbonyl (C=O) groups is 2. The minimum absolute atomic E-state index is 0.0139. The molecule has 6 heteroatoms. The van der Waals surface area contributed by atoms with Crippen LogP contribution in [0.3, 0.4) is 0 Å². The van der Waals surface area contributed by atoms with Gasteiger partial charge in [-0.25, -0.2) is 4.39 Å². The van der Waals surface area contributed by atoms with Crippen molar-refractivity contribution in [1.82, 2.24) is 10.2 Å². The van der Waals surface area contributed by atoms with Crippen LogP contribution in [0.5, 0.6) is 0 Å². The van der Waals surface area contributed by atoms with Gasteiger partial charge >= 0.3 is 0 Å². The van der Waals surface area contributed by atoms with Crippen molar-refractivity contribution in [2.75, 3.05) is 13.1 Å². The summed E-state index contributed by atoms with van der Waals surface area (Å²) in [6.07, 6.45) is 1.58. The minimum atomic E-state index is -0.365. The van der Waals surface area contributed by atoms with Gasteiger partial charge in [-0.2, -0.15) is 0 Å². The van der Waals surface area contributed by atoms with E-state index in [-0.39, 0.29) is 23.5 Å². The van der Waals surface area contributed by atoms with Crippen LogP contribution in [0, 0.1) is 11.7 Å². The molecule has 1 aliphatic rings. The van der Waals surface area contributed by atoms with Crippen molar-refractivity contribution in [3.8, 4) is 0 Å². The zero-order valence-corrected chi connectivity index (χ0v) is 14.0. The van der Waals surface area contributed by atoms with Gasteiger partial charge in [0.15, 0.2) is 0 Å². The monoisotopic (exact) mass is 346 g/mol. The second-order valence-electron chi connectivity index (χ2n) is 5.89. The Kier molecular flexibility index (Phi) is 5.25. The van der Waals surface area contributed by atoms with Crippen molar-refractivity contribution in [2.45, 2.75) is 19.4 Å². The lowest BCUT2D eigenvalue weighted by molar-refractivity contribution is -0.126. The van der Waals surface area contributed by atoms with Crippen molar-refractivity contribution >= 4 is 23.2 Å². The number of benzene rings is 1. The summed E-state index contributed by atoms with van der Waals surface area (Å²) in [4.78, 5) is 27.6. The summed E-state index contributed by atoms with van der Waals surface area (Å²) in [5.74, 6) is -0.718. The molecule has 0 spiro atoms. The molecule has 1 N–H and O–H groups in total. The molecule has 1 saturated heterocycles. The third kappa shape index (κ3) is 4.00. The fourth-order valence-corrected chi connectivity index (χ4v) is 3.53. The predicted molar refractivity (Wildman–Crippen MR) is 91.2 cm³/mol. The van der Waals surface area contributed by atoms with Gasteiger partial charge in [0.25, 0.3) is 5.91 Å². The molecule has 1 unspecified atom stereocenters. The zero-order valence-electron chi connectivity index (χ0n) is 13.2. The minimum Gasteiger partial charge on any atom is -0.351 e. The lowest BCUT2D eigenvalue weighted by atomic mass is 9.96. The summed E-state index contributed by atoms with van der Waals surface area (Å²) in [6, 6.07) is 9.47. The Hall–Kier alpha value is -2.21. The smallest absolute Gasteiger partial charge is 0.253 e. The molecule has 0 saturated carbocycles. The summed E-state index contributed by atoms with van der Waals surface area (Å²) in [5.41, 5.74) is 0.455. The van der Waals surface area contributed by atoms with Crippen molar-refractivity contribution in [3.63, 3.8) is 0 Å². The molecule has 1 aromatic carbocycles. The average molecular weight is 346 g/mol. The molecular weight excluding hydrogens is 327 g/mol. The van der Waals surface area contributed by atoms with Gasteiger partial charge in [0.05, 0.1) is 12.5 Å². The number of thiophene rings is 1. The molecule has 0 aliphatic carbocycles. The Morgan fingerprint density at radius 1 is 1.25 bits per heavy atom. The fourth-order valence-electron chi connectivity index (χ4n) is 2.88. The van der Waals surface area contributed by atoms with E-state index in [0.29, 0.717) is 25.2 Å². The second kappa shape index (κ2) is 7.57. The maximum atomic E-state index is 13.0. The van der Waals surface area contributed by atoms with Gasteiger partial charge in [-0.1, -0.05) is 6.07 Å². The van der Waals surface area contributed by atoms with E-state index >= 15 is 0 Å². The summed E-state index contributed by atoms with van der Waals surface area (Å²) in [7, 11) is 0.